The highest BCUT2D eigenvalue weighted by molar-refractivity contribution is 6.06. The number of nitrogens with one attached hydrogen (secondary N) is 1. The Morgan fingerprint density at radius 3 is 2.54 bits per heavy atom. The van der Waals surface area contributed by atoms with E-state index < -0.39 is 40.9 Å². The van der Waals surface area contributed by atoms with Gasteiger partial charge in [0, 0.05) is 30.3 Å². The fraction of sp³-hybridized carbons (Fsp3) is 0.267. The Labute approximate surface area is 232 Å². The first-order chi connectivity index (χ1) is 19.5. The Morgan fingerprint density at radius 1 is 1.12 bits per heavy atom. The van der Waals surface area contributed by atoms with Crippen LogP contribution in [-0.2, 0) is 6.18 Å². The SMILES string of the molecule is Cc1cc(F)ccc1Oc1cc(C2CC2)c(C(F)(F)F)cc1C(=O)Nc1ccc(F)c(C(CCO)n2ccnc2)c1. The van der Waals surface area contributed by atoms with E-state index in [2.05, 4.69) is 10.3 Å². The minimum Gasteiger partial charge on any atom is -0.456 e. The van der Waals surface area contributed by atoms with Gasteiger partial charge < -0.3 is 19.7 Å². The van der Waals surface area contributed by atoms with Gasteiger partial charge in [0.05, 0.1) is 23.5 Å². The molecule has 0 bridgehead atoms. The number of benzene rings is 3. The number of aryl methyl sites for hydroxylation is 1. The van der Waals surface area contributed by atoms with E-state index >= 15 is 0 Å². The van der Waals surface area contributed by atoms with Crippen LogP contribution in [-0.4, -0.2) is 27.2 Å². The summed E-state index contributed by atoms with van der Waals surface area (Å²) in [5.41, 5.74) is -0.637. The predicted molar refractivity (Wildman–Crippen MR) is 141 cm³/mol. The molecule has 41 heavy (non-hydrogen) atoms. The van der Waals surface area contributed by atoms with Crippen molar-refractivity contribution < 1.29 is 36.6 Å². The second-order valence-corrected chi connectivity index (χ2v) is 9.95. The molecule has 1 heterocycles. The van der Waals surface area contributed by atoms with E-state index in [4.69, 9.17) is 4.74 Å². The van der Waals surface area contributed by atoms with Crippen molar-refractivity contribution in [3.8, 4) is 11.5 Å². The molecule has 3 aromatic carbocycles. The zero-order chi connectivity index (χ0) is 29.3. The molecule has 1 aliphatic rings. The fourth-order valence-electron chi connectivity index (χ4n) is 4.80. The number of alkyl halides is 3. The predicted octanol–water partition coefficient (Wildman–Crippen LogP) is 7.38. The first kappa shape index (κ1) is 28.3. The average molecular weight is 572 g/mol. The largest absolute Gasteiger partial charge is 0.456 e. The lowest BCUT2D eigenvalue weighted by molar-refractivity contribution is -0.138. The monoisotopic (exact) mass is 571 g/mol. The van der Waals surface area contributed by atoms with Gasteiger partial charge in [-0.1, -0.05) is 0 Å². The summed E-state index contributed by atoms with van der Waals surface area (Å²) < 4.78 is 78.3. The molecule has 1 fully saturated rings. The molecule has 5 rings (SSSR count). The number of amides is 1. The molecule has 0 aliphatic heterocycles. The molecular formula is C30H26F5N3O3. The van der Waals surface area contributed by atoms with Crippen LogP contribution in [0.5, 0.6) is 11.5 Å². The number of carbonyl (C=O) groups is 1. The van der Waals surface area contributed by atoms with Crippen LogP contribution in [0, 0.1) is 18.6 Å². The summed E-state index contributed by atoms with van der Waals surface area (Å²) >= 11 is 0. The summed E-state index contributed by atoms with van der Waals surface area (Å²) in [6, 6.07) is 8.82. The maximum absolute atomic E-state index is 14.9. The Hall–Kier alpha value is -4.25. The third kappa shape index (κ3) is 6.25. The van der Waals surface area contributed by atoms with Crippen molar-refractivity contribution in [2.75, 3.05) is 11.9 Å². The van der Waals surface area contributed by atoms with Gasteiger partial charge in [-0.2, -0.15) is 13.2 Å². The second kappa shape index (κ2) is 11.3. The molecule has 11 heteroatoms. The molecule has 1 atom stereocenters. The molecule has 4 aromatic rings. The number of halogens is 5. The van der Waals surface area contributed by atoms with Crippen LogP contribution in [0.4, 0.5) is 27.6 Å². The minimum atomic E-state index is -4.72. The zero-order valence-electron chi connectivity index (χ0n) is 21.9. The number of anilines is 1. The van der Waals surface area contributed by atoms with E-state index in [-0.39, 0.29) is 47.3 Å². The third-order valence-corrected chi connectivity index (χ3v) is 6.98. The number of rotatable bonds is 9. The number of hydrogen-bond acceptors (Lipinski definition) is 4. The second-order valence-electron chi connectivity index (χ2n) is 9.95. The molecule has 1 amide bonds. The summed E-state index contributed by atoms with van der Waals surface area (Å²) in [5.74, 6) is -2.28. The first-order valence-corrected chi connectivity index (χ1v) is 12.9. The van der Waals surface area contributed by atoms with Gasteiger partial charge in [0.15, 0.2) is 0 Å². The van der Waals surface area contributed by atoms with E-state index in [1.165, 1.54) is 42.9 Å². The van der Waals surface area contributed by atoms with Crippen LogP contribution >= 0.6 is 0 Å². The summed E-state index contributed by atoms with van der Waals surface area (Å²) in [7, 11) is 0. The summed E-state index contributed by atoms with van der Waals surface area (Å²) in [6.45, 7) is 1.32. The third-order valence-electron chi connectivity index (χ3n) is 6.98. The molecule has 214 valence electrons. The van der Waals surface area contributed by atoms with Crippen molar-refractivity contribution in [3.63, 3.8) is 0 Å². The molecule has 1 aromatic heterocycles. The van der Waals surface area contributed by atoms with Crippen molar-refractivity contribution in [1.29, 1.82) is 0 Å². The van der Waals surface area contributed by atoms with Crippen LogP contribution < -0.4 is 10.1 Å². The summed E-state index contributed by atoms with van der Waals surface area (Å²) in [4.78, 5) is 17.5. The smallest absolute Gasteiger partial charge is 0.416 e. The average Bonchev–Trinajstić information content (AvgIpc) is 3.63. The zero-order valence-corrected chi connectivity index (χ0v) is 21.9. The summed E-state index contributed by atoms with van der Waals surface area (Å²) in [6.07, 6.45) is 1.15. The maximum atomic E-state index is 14.9. The number of aromatic nitrogens is 2. The lowest BCUT2D eigenvalue weighted by Gasteiger charge is -2.21. The molecule has 1 unspecified atom stereocenters. The van der Waals surface area contributed by atoms with Crippen LogP contribution in [0.25, 0.3) is 0 Å². The Bertz CT molecular complexity index is 1570. The van der Waals surface area contributed by atoms with Gasteiger partial charge in [-0.05, 0) is 91.8 Å². The number of hydrogen-bond donors (Lipinski definition) is 2. The molecule has 0 radical (unpaired) electrons. The van der Waals surface area contributed by atoms with Crippen molar-refractivity contribution in [1.82, 2.24) is 9.55 Å². The molecule has 1 saturated carbocycles. The molecule has 6 nitrogen and oxygen atoms in total. The topological polar surface area (TPSA) is 76.4 Å². The van der Waals surface area contributed by atoms with Gasteiger partial charge >= 0.3 is 6.18 Å². The van der Waals surface area contributed by atoms with Crippen molar-refractivity contribution in [2.24, 2.45) is 0 Å². The Kier molecular flexibility index (Phi) is 7.81. The molecular weight excluding hydrogens is 545 g/mol. The van der Waals surface area contributed by atoms with Gasteiger partial charge in [0.1, 0.15) is 23.1 Å². The van der Waals surface area contributed by atoms with Crippen LogP contribution in [0.15, 0.2) is 67.3 Å². The highest BCUT2D eigenvalue weighted by Gasteiger charge is 2.40. The normalized spacial score (nSPS) is 14.1. The number of carbonyl (C=O) groups excluding carboxylic acids is 1. The molecule has 2 N–H and O–H groups in total. The van der Waals surface area contributed by atoms with Gasteiger partial charge in [0.25, 0.3) is 5.91 Å². The number of aliphatic hydroxyl groups is 1. The van der Waals surface area contributed by atoms with Gasteiger partial charge in [-0.3, -0.25) is 4.79 Å². The maximum Gasteiger partial charge on any atom is 0.416 e. The van der Waals surface area contributed by atoms with Gasteiger partial charge in [-0.15, -0.1) is 0 Å². The Morgan fingerprint density at radius 2 is 1.90 bits per heavy atom. The van der Waals surface area contributed by atoms with E-state index in [0.717, 1.165) is 18.2 Å². The molecule has 0 spiro atoms. The van der Waals surface area contributed by atoms with Crippen molar-refractivity contribution >= 4 is 11.6 Å². The lowest BCUT2D eigenvalue weighted by Crippen LogP contribution is -2.18. The minimum absolute atomic E-state index is 0.0278. The van der Waals surface area contributed by atoms with Gasteiger partial charge in [-0.25, -0.2) is 13.8 Å². The van der Waals surface area contributed by atoms with E-state index in [0.29, 0.717) is 18.4 Å². The quantitative estimate of drug-likeness (QED) is 0.206. The number of aliphatic hydroxyl groups excluding tert-OH is 1. The lowest BCUT2D eigenvalue weighted by atomic mass is 9.98. The Balaban J connectivity index is 1.54. The van der Waals surface area contributed by atoms with Crippen molar-refractivity contribution in [2.45, 2.75) is 44.3 Å². The summed E-state index contributed by atoms with van der Waals surface area (Å²) in [5, 5.41) is 12.1. The van der Waals surface area contributed by atoms with Gasteiger partial charge in [0.2, 0.25) is 0 Å². The first-order valence-electron chi connectivity index (χ1n) is 12.9. The van der Waals surface area contributed by atoms with E-state index in [1.54, 1.807) is 17.7 Å². The van der Waals surface area contributed by atoms with E-state index in [9.17, 15) is 31.9 Å². The number of nitrogens with zero attached hydrogens (tertiary/aromatic N) is 2. The van der Waals surface area contributed by atoms with Crippen molar-refractivity contribution in [3.05, 3.63) is 107 Å². The molecule has 0 saturated heterocycles. The number of imidazole rings is 1. The van der Waals surface area contributed by atoms with Crippen LogP contribution in [0.1, 0.15) is 63.8 Å². The van der Waals surface area contributed by atoms with E-state index in [1.807, 2.05) is 0 Å². The molecule has 1 aliphatic carbocycles. The highest BCUT2D eigenvalue weighted by Crippen LogP contribution is 2.48. The number of ether oxygens (including phenoxy) is 1. The van der Waals surface area contributed by atoms with Crippen LogP contribution in [0.3, 0.4) is 0 Å². The highest BCUT2D eigenvalue weighted by atomic mass is 19.4. The fourth-order valence-corrected chi connectivity index (χ4v) is 4.80. The standard InChI is InChI=1S/C30H26F5N3O3/c1-17-12-19(31)4-7-27(17)41-28-15-21(18-2-3-18)24(30(33,34)35)14-23(28)29(40)37-20-5-6-25(32)22(13-20)26(8-11-39)38-10-9-36-16-38/h4-7,9-10,12-16,18,26,39H,2-3,8,11H2,1H3,(H,37,40). The van der Waals surface area contributed by atoms with Crippen LogP contribution in [0.2, 0.25) is 0 Å².